The molecule has 2 aromatic rings. The summed E-state index contributed by atoms with van der Waals surface area (Å²) in [5, 5.41) is 13.9. The molecule has 0 aliphatic heterocycles. The lowest BCUT2D eigenvalue weighted by Gasteiger charge is -2.16. The number of methoxy groups -OCH3 is 1. The molecule has 0 heterocycles. The molecule has 1 atom stereocenters. The second-order valence-electron chi connectivity index (χ2n) is 8.93. The number of benzene rings is 2. The third-order valence-corrected chi connectivity index (χ3v) is 7.40. The molecular formula is C26H37ClN4O8S. The third kappa shape index (κ3) is 12.7. The molecule has 0 unspecified atom stereocenters. The molecule has 1 amide bonds. The van der Waals surface area contributed by atoms with E-state index in [2.05, 4.69) is 14.8 Å². The highest BCUT2D eigenvalue weighted by molar-refractivity contribution is 7.89. The fourth-order valence-electron chi connectivity index (χ4n) is 3.77. The number of rotatable bonds is 17. The predicted octanol–water partition coefficient (Wildman–Crippen LogP) is 3.60. The first kappa shape index (κ1) is 34.8. The molecule has 12 nitrogen and oxygen atoms in total. The Morgan fingerprint density at radius 3 is 2.45 bits per heavy atom. The van der Waals surface area contributed by atoms with Gasteiger partial charge >= 0.3 is 12.1 Å². The third-order valence-electron chi connectivity index (χ3n) is 5.84. The lowest BCUT2D eigenvalue weighted by Crippen LogP contribution is -2.30. The van der Waals surface area contributed by atoms with Gasteiger partial charge < -0.3 is 20.5 Å². The molecule has 2 aromatic carbocycles. The summed E-state index contributed by atoms with van der Waals surface area (Å²) < 4.78 is 38.1. The van der Waals surface area contributed by atoms with Crippen LogP contribution in [0.2, 0.25) is 0 Å². The molecule has 0 aliphatic rings. The maximum absolute atomic E-state index is 12.9. The van der Waals surface area contributed by atoms with Crippen LogP contribution in [-0.2, 0) is 37.3 Å². The fourth-order valence-corrected chi connectivity index (χ4v) is 5.08. The number of amides is 1. The highest BCUT2D eigenvalue weighted by Gasteiger charge is 2.22. The smallest absolute Gasteiger partial charge is 0.407 e. The maximum atomic E-state index is 12.9. The molecule has 0 radical (unpaired) electrons. The molecule has 4 N–H and O–H groups in total. The molecule has 0 fully saturated rings. The van der Waals surface area contributed by atoms with E-state index in [1.54, 1.807) is 0 Å². The zero-order valence-electron chi connectivity index (χ0n) is 22.4. The highest BCUT2D eigenvalue weighted by Crippen LogP contribution is 2.24. The van der Waals surface area contributed by atoms with E-state index in [1.807, 2.05) is 30.3 Å². The van der Waals surface area contributed by atoms with Crippen LogP contribution in [0.1, 0.15) is 49.7 Å². The van der Waals surface area contributed by atoms with Gasteiger partial charge in [-0.25, -0.2) is 17.9 Å². The average Bonchev–Trinajstić information content (AvgIpc) is 2.92. The number of nitrogens with one attached hydrogen (secondary N) is 2. The molecule has 0 aromatic heterocycles. The van der Waals surface area contributed by atoms with Crippen LogP contribution in [0.25, 0.3) is 0 Å². The topological polar surface area (TPSA) is 180 Å². The molecule has 14 heteroatoms. The Morgan fingerprint density at radius 2 is 1.77 bits per heavy atom. The van der Waals surface area contributed by atoms with Crippen molar-refractivity contribution in [2.45, 2.75) is 62.5 Å². The Kier molecular flexibility index (Phi) is 15.8. The number of esters is 1. The summed E-state index contributed by atoms with van der Waals surface area (Å²) >= 11 is 0. The van der Waals surface area contributed by atoms with Crippen LogP contribution in [0.15, 0.2) is 53.4 Å². The normalized spacial score (nSPS) is 11.7. The van der Waals surface area contributed by atoms with Crippen LogP contribution >= 0.6 is 12.4 Å². The van der Waals surface area contributed by atoms with Crippen LogP contribution in [0.4, 0.5) is 10.5 Å². The van der Waals surface area contributed by atoms with Gasteiger partial charge in [-0.3, -0.25) is 14.9 Å². The minimum Gasteiger partial charge on any atom is -0.469 e. The van der Waals surface area contributed by atoms with Gasteiger partial charge in [-0.15, -0.1) is 12.4 Å². The molecular weight excluding hydrogens is 564 g/mol. The number of alkyl carbamates (subject to hydrolysis) is 1. The van der Waals surface area contributed by atoms with Gasteiger partial charge in [-0.1, -0.05) is 36.8 Å². The Labute approximate surface area is 240 Å². The summed E-state index contributed by atoms with van der Waals surface area (Å²) in [5.74, 6) is -0.318. The minimum atomic E-state index is -3.95. The van der Waals surface area contributed by atoms with E-state index >= 15 is 0 Å². The molecule has 2 rings (SSSR count). The van der Waals surface area contributed by atoms with Crippen molar-refractivity contribution >= 4 is 40.2 Å². The van der Waals surface area contributed by atoms with Gasteiger partial charge in [0, 0.05) is 37.7 Å². The first-order valence-corrected chi connectivity index (χ1v) is 14.1. The minimum absolute atomic E-state index is 0. The monoisotopic (exact) mass is 600 g/mol. The summed E-state index contributed by atoms with van der Waals surface area (Å²) in [6.07, 6.45) is 2.45. The lowest BCUT2D eigenvalue weighted by molar-refractivity contribution is -0.385. The molecule has 0 bridgehead atoms. The van der Waals surface area contributed by atoms with Crippen LogP contribution in [-0.4, -0.2) is 51.6 Å². The second kappa shape index (κ2) is 18.2. The average molecular weight is 601 g/mol. The van der Waals surface area contributed by atoms with E-state index < -0.39 is 27.1 Å². The van der Waals surface area contributed by atoms with Crippen molar-refractivity contribution in [3.05, 3.63) is 69.8 Å². The van der Waals surface area contributed by atoms with Crippen molar-refractivity contribution in [1.29, 1.82) is 0 Å². The van der Waals surface area contributed by atoms with Crippen molar-refractivity contribution in [3.8, 4) is 0 Å². The van der Waals surface area contributed by atoms with Gasteiger partial charge in [0.25, 0.3) is 5.69 Å². The van der Waals surface area contributed by atoms with Crippen molar-refractivity contribution < 1.29 is 32.4 Å². The number of sulfonamides is 1. The van der Waals surface area contributed by atoms with Crippen LogP contribution in [0, 0.1) is 10.1 Å². The van der Waals surface area contributed by atoms with E-state index in [1.165, 1.54) is 19.2 Å². The number of ether oxygens (including phenoxy) is 2. The van der Waals surface area contributed by atoms with Crippen LogP contribution < -0.4 is 15.8 Å². The second-order valence-corrected chi connectivity index (χ2v) is 10.7. The standard InChI is InChI=1S/C26H36N4O8S.ClH/c1-37-25(31)12-6-3-7-16-29-39(35,36)24-14-13-23(30(33)34)18-21(24)17-22(27)11-8-15-28-26(32)38-19-20-9-4-2-5-10-20;/h2,4-5,9-10,13-14,18,22,29H,3,6-8,11-12,15-17,19,27H2,1H3,(H,28,32);1H/t22-;/m0./s1. The number of halogens is 1. The zero-order chi connectivity index (χ0) is 28.7. The Balaban J connectivity index is 0.00000800. The van der Waals surface area contributed by atoms with Crippen molar-refractivity contribution in [2.24, 2.45) is 5.73 Å². The number of hydrogen-bond acceptors (Lipinski definition) is 9. The zero-order valence-corrected chi connectivity index (χ0v) is 24.0. The van der Waals surface area contributed by atoms with Gasteiger partial charge in [0.1, 0.15) is 6.61 Å². The lowest BCUT2D eigenvalue weighted by atomic mass is 10.0. The molecule has 222 valence electrons. The van der Waals surface area contributed by atoms with Gasteiger partial charge in [0.2, 0.25) is 10.0 Å². The van der Waals surface area contributed by atoms with Crippen LogP contribution in [0.5, 0.6) is 0 Å². The number of carbonyl (C=O) groups is 2. The number of carbonyl (C=O) groups excluding carboxylic acids is 2. The first-order chi connectivity index (χ1) is 18.6. The summed E-state index contributed by atoms with van der Waals surface area (Å²) in [4.78, 5) is 33.7. The van der Waals surface area contributed by atoms with E-state index in [4.69, 9.17) is 10.5 Å². The Hall–Kier alpha value is -3.26. The van der Waals surface area contributed by atoms with E-state index in [0.29, 0.717) is 38.6 Å². The predicted molar refractivity (Wildman–Crippen MR) is 152 cm³/mol. The fraction of sp³-hybridized carbons (Fsp3) is 0.462. The SMILES string of the molecule is COC(=O)CCCCCNS(=O)(=O)c1ccc([N+](=O)[O-])cc1C[C@@H](N)CCCNC(=O)OCc1ccccc1.Cl. The molecule has 0 saturated carbocycles. The van der Waals surface area contributed by atoms with Gasteiger partial charge in [-0.05, 0) is 49.3 Å². The van der Waals surface area contributed by atoms with Gasteiger partial charge in [-0.2, -0.15) is 0 Å². The van der Waals surface area contributed by atoms with Crippen LogP contribution in [0.3, 0.4) is 0 Å². The molecule has 40 heavy (non-hydrogen) atoms. The maximum Gasteiger partial charge on any atom is 0.407 e. The summed E-state index contributed by atoms with van der Waals surface area (Å²) in [6.45, 7) is 0.606. The van der Waals surface area contributed by atoms with E-state index in [0.717, 1.165) is 11.6 Å². The largest absolute Gasteiger partial charge is 0.469 e. The van der Waals surface area contributed by atoms with Crippen molar-refractivity contribution in [1.82, 2.24) is 10.0 Å². The highest BCUT2D eigenvalue weighted by atomic mass is 35.5. The number of nitrogens with zero attached hydrogens (tertiary/aromatic N) is 1. The number of non-ortho nitro benzene ring substituents is 1. The number of hydrogen-bond donors (Lipinski definition) is 3. The summed E-state index contributed by atoms with van der Waals surface area (Å²) in [6, 6.07) is 12.3. The molecule has 0 spiro atoms. The van der Waals surface area contributed by atoms with Crippen molar-refractivity contribution in [3.63, 3.8) is 0 Å². The Bertz CT molecular complexity index is 1200. The quantitative estimate of drug-likeness (QED) is 0.106. The van der Waals surface area contributed by atoms with E-state index in [9.17, 15) is 28.1 Å². The van der Waals surface area contributed by atoms with E-state index in [-0.39, 0.29) is 60.5 Å². The first-order valence-electron chi connectivity index (χ1n) is 12.7. The van der Waals surface area contributed by atoms with Gasteiger partial charge in [0.15, 0.2) is 0 Å². The summed E-state index contributed by atoms with van der Waals surface area (Å²) in [5.41, 5.74) is 7.09. The number of nitro groups is 1. The number of nitrogens with two attached hydrogens (primary N) is 1. The van der Waals surface area contributed by atoms with Gasteiger partial charge in [0.05, 0.1) is 16.9 Å². The number of unbranched alkanes of at least 4 members (excludes halogenated alkanes) is 2. The molecule has 0 saturated heterocycles. The number of nitro benzene ring substituents is 1. The molecule has 0 aliphatic carbocycles. The summed E-state index contributed by atoms with van der Waals surface area (Å²) in [7, 11) is -2.64. The van der Waals surface area contributed by atoms with Crippen molar-refractivity contribution in [2.75, 3.05) is 20.2 Å². The Morgan fingerprint density at radius 1 is 1.05 bits per heavy atom.